The van der Waals surface area contributed by atoms with Crippen LogP contribution in [0.1, 0.15) is 41.5 Å². The molecule has 0 saturated carbocycles. The van der Waals surface area contributed by atoms with Crippen molar-refractivity contribution in [3.05, 3.63) is 0 Å². The molecule has 0 N–H and O–H groups in total. The number of carbonyl (C=O) groups is 2. The van der Waals surface area contributed by atoms with Crippen molar-refractivity contribution in [2.24, 2.45) is 0 Å². The quantitative estimate of drug-likeness (QED) is 0.501. The lowest BCUT2D eigenvalue weighted by Crippen LogP contribution is -2.42. The first-order chi connectivity index (χ1) is 8.53. The summed E-state index contributed by atoms with van der Waals surface area (Å²) in [7, 11) is -0.100. The van der Waals surface area contributed by atoms with Crippen LogP contribution in [-0.4, -0.2) is 29.5 Å². The van der Waals surface area contributed by atoms with Gasteiger partial charge in [-0.3, -0.25) is 0 Å². The molecule has 0 fully saturated rings. The number of carbonyl (C=O) groups excluding carboxylic acids is 2. The average molecular weight is 319 g/mol. The summed E-state index contributed by atoms with van der Waals surface area (Å²) in [4.78, 5) is 17.9. The fourth-order valence-electron chi connectivity index (χ4n) is 0. The molecule has 0 bridgehead atoms. The molecule has 0 aromatic rings. The van der Waals surface area contributed by atoms with Crippen molar-refractivity contribution in [2.75, 3.05) is 0 Å². The second-order valence-electron chi connectivity index (χ2n) is 7.07. The highest BCUT2D eigenvalue weighted by atomic mass is 28.3. The van der Waals surface area contributed by atoms with E-state index in [-0.39, 0.29) is 17.6 Å². The van der Waals surface area contributed by atoms with Crippen LogP contribution in [-0.2, 0) is 9.59 Å². The van der Waals surface area contributed by atoms with E-state index in [0.29, 0.717) is 10.1 Å². The topological polar surface area (TPSA) is 80.3 Å². The van der Waals surface area contributed by atoms with Crippen molar-refractivity contribution in [3.8, 4) is 0 Å². The molecule has 0 aliphatic rings. The van der Waals surface area contributed by atoms with Crippen LogP contribution in [0.3, 0.4) is 0 Å². The number of aliphatic carboxylic acids is 2. The molecule has 0 rings (SSSR count). The number of hydrogen-bond donors (Lipinski definition) is 0. The van der Waals surface area contributed by atoms with Crippen LogP contribution >= 0.6 is 0 Å². The molecule has 118 valence electrons. The second-order valence-corrected chi connectivity index (χ2v) is 14.1. The Morgan fingerprint density at radius 3 is 0.750 bits per heavy atom. The van der Waals surface area contributed by atoms with Crippen molar-refractivity contribution in [3.63, 3.8) is 0 Å². The normalized spacial score (nSPS) is 10.3. The van der Waals surface area contributed by atoms with Gasteiger partial charge in [-0.25, -0.2) is 0 Å². The minimum absolute atomic E-state index is 0.0502. The van der Waals surface area contributed by atoms with Crippen LogP contribution in [0.15, 0.2) is 0 Å². The Morgan fingerprint density at radius 2 is 0.750 bits per heavy atom. The van der Waals surface area contributed by atoms with Crippen LogP contribution < -0.4 is 10.2 Å². The Hall–Kier alpha value is -0.626. The van der Waals surface area contributed by atoms with Crippen molar-refractivity contribution in [1.29, 1.82) is 0 Å². The maximum Gasteiger partial charge on any atom is 0.313 e. The van der Waals surface area contributed by atoms with Gasteiger partial charge in [0, 0.05) is 0 Å². The monoisotopic (exact) mass is 318 g/mol. The highest BCUT2D eigenvalue weighted by molar-refractivity contribution is 6.59. The number of carboxylic acid groups (broad SMARTS) is 2. The van der Waals surface area contributed by atoms with Gasteiger partial charge in [0.05, 0.1) is 48.2 Å². The zero-order chi connectivity index (χ0) is 17.3. The smallest absolute Gasteiger partial charge is 0.313 e. The fraction of sp³-hybridized carbons (Fsp3) is 0.857. The summed E-state index contributed by atoms with van der Waals surface area (Å²) in [5.74, 6) is -4.37. The Labute approximate surface area is 127 Å². The van der Waals surface area contributed by atoms with Crippen molar-refractivity contribution >= 4 is 29.5 Å². The first-order valence-corrected chi connectivity index (χ1v) is 11.6. The molecule has 0 aromatic carbocycles. The maximum absolute atomic E-state index is 8.93. The van der Waals surface area contributed by atoms with Crippen LogP contribution in [0.5, 0.6) is 0 Å². The van der Waals surface area contributed by atoms with E-state index in [1.165, 1.54) is 0 Å². The summed E-state index contributed by atoms with van der Waals surface area (Å²) >= 11 is 0. The van der Waals surface area contributed by atoms with E-state index in [1.54, 1.807) is 0 Å². The zero-order valence-electron chi connectivity index (χ0n) is 14.6. The molecule has 0 atom stereocenters. The highest BCUT2D eigenvalue weighted by Crippen LogP contribution is 2.26. The van der Waals surface area contributed by atoms with Crippen molar-refractivity contribution in [1.82, 2.24) is 0 Å². The predicted molar refractivity (Wildman–Crippen MR) is 84.4 cm³/mol. The Balaban J connectivity index is -0.000000218. The molecule has 0 spiro atoms. The van der Waals surface area contributed by atoms with Gasteiger partial charge in [0.1, 0.15) is 0 Å². The van der Waals surface area contributed by atoms with Crippen LogP contribution in [0.2, 0.25) is 36.3 Å². The summed E-state index contributed by atoms with van der Waals surface area (Å²) in [6.07, 6.45) is 0. The SMILES string of the molecule is C[Si+](C)C(C)(C)C.C[Si+](C)C(C)(C)C.O=C([O-])C(=O)[O-]. The van der Waals surface area contributed by atoms with Gasteiger partial charge in [-0.15, -0.1) is 0 Å². The fourth-order valence-corrected chi connectivity index (χ4v) is 0. The first kappa shape index (κ1) is 24.4. The Morgan fingerprint density at radius 1 is 0.650 bits per heavy atom. The Kier molecular flexibility index (Phi) is 12.4. The van der Waals surface area contributed by atoms with Gasteiger partial charge in [0.25, 0.3) is 0 Å². The van der Waals surface area contributed by atoms with Crippen LogP contribution in [0.25, 0.3) is 0 Å². The van der Waals surface area contributed by atoms with E-state index in [9.17, 15) is 0 Å². The molecular formula is C14H30O4Si2. The van der Waals surface area contributed by atoms with E-state index >= 15 is 0 Å². The summed E-state index contributed by atoms with van der Waals surface area (Å²) in [6.45, 7) is 23.2. The minimum Gasteiger partial charge on any atom is -0.543 e. The van der Waals surface area contributed by atoms with E-state index < -0.39 is 11.9 Å². The molecule has 0 saturated heterocycles. The maximum atomic E-state index is 8.93. The summed E-state index contributed by atoms with van der Waals surface area (Å²) < 4.78 is 0. The standard InChI is InChI=1S/2C6H15Si.C2H2O4/c2*1-6(2,3)7(4)5;3-1(4)2(5)6/h2*1-5H3;(H,3,4)(H,5,6)/q2*+1;/p-2. The molecule has 4 nitrogen and oxygen atoms in total. The average Bonchev–Trinajstić information content (AvgIpc) is 2.15. The molecular weight excluding hydrogens is 288 g/mol. The van der Waals surface area contributed by atoms with Gasteiger partial charge in [0.2, 0.25) is 0 Å². The summed E-state index contributed by atoms with van der Waals surface area (Å²) in [6, 6.07) is 0. The van der Waals surface area contributed by atoms with Gasteiger partial charge in [0.15, 0.2) is 0 Å². The molecule has 0 radical (unpaired) electrons. The second kappa shape index (κ2) is 10.2. The lowest BCUT2D eigenvalue weighted by Gasteiger charge is -2.07. The number of carboxylic acids is 2. The first-order valence-electron chi connectivity index (χ1n) is 6.57. The molecule has 0 amide bonds. The van der Waals surface area contributed by atoms with Crippen molar-refractivity contribution in [2.45, 2.75) is 77.8 Å². The molecule has 0 aliphatic carbocycles. The minimum atomic E-state index is -2.19. The highest BCUT2D eigenvalue weighted by Gasteiger charge is 2.30. The number of rotatable bonds is 0. The predicted octanol–water partition coefficient (Wildman–Crippen LogP) is 1.57. The van der Waals surface area contributed by atoms with E-state index in [2.05, 4.69) is 67.7 Å². The van der Waals surface area contributed by atoms with Gasteiger partial charge >= 0.3 is 17.6 Å². The third kappa shape index (κ3) is 19.7. The lowest BCUT2D eigenvalue weighted by molar-refractivity contribution is -0.345. The van der Waals surface area contributed by atoms with E-state index in [1.807, 2.05) is 0 Å². The van der Waals surface area contributed by atoms with Gasteiger partial charge < -0.3 is 19.8 Å². The third-order valence-corrected chi connectivity index (χ3v) is 9.17. The molecule has 0 unspecified atom stereocenters. The Bertz CT molecular complexity index is 257. The largest absolute Gasteiger partial charge is 0.543 e. The van der Waals surface area contributed by atoms with Gasteiger partial charge in [-0.1, -0.05) is 0 Å². The van der Waals surface area contributed by atoms with Crippen LogP contribution in [0, 0.1) is 0 Å². The molecule has 0 aromatic heterocycles. The molecule has 6 heteroatoms. The van der Waals surface area contributed by atoms with Gasteiger partial charge in [-0.05, 0) is 41.5 Å². The molecule has 20 heavy (non-hydrogen) atoms. The van der Waals surface area contributed by atoms with Crippen LogP contribution in [0.4, 0.5) is 0 Å². The number of hydrogen-bond acceptors (Lipinski definition) is 4. The third-order valence-electron chi connectivity index (χ3n) is 3.17. The zero-order valence-corrected chi connectivity index (χ0v) is 16.6. The lowest BCUT2D eigenvalue weighted by atomic mass is 10.2. The van der Waals surface area contributed by atoms with Crippen molar-refractivity contribution < 1.29 is 19.8 Å². The van der Waals surface area contributed by atoms with E-state index in [4.69, 9.17) is 19.8 Å². The molecule has 0 heterocycles. The van der Waals surface area contributed by atoms with Gasteiger partial charge in [-0.2, -0.15) is 0 Å². The summed E-state index contributed by atoms with van der Waals surface area (Å²) in [5.41, 5.74) is 0. The summed E-state index contributed by atoms with van der Waals surface area (Å²) in [5, 5.41) is 19.1. The van der Waals surface area contributed by atoms with E-state index in [0.717, 1.165) is 0 Å². The molecule has 0 aliphatic heterocycles.